The van der Waals surface area contributed by atoms with Gasteiger partial charge in [0.2, 0.25) is 12.7 Å². The molecule has 1 aromatic carbocycles. The van der Waals surface area contributed by atoms with Crippen LogP contribution >= 0.6 is 0 Å². The minimum atomic E-state index is -0.128. The average Bonchev–Trinajstić information content (AvgIpc) is 3.13. The third-order valence-electron chi connectivity index (χ3n) is 4.12. The lowest BCUT2D eigenvalue weighted by Crippen LogP contribution is -2.23. The van der Waals surface area contributed by atoms with E-state index in [2.05, 4.69) is 15.4 Å². The Hall–Kier alpha value is -3.03. The second-order valence-electron chi connectivity index (χ2n) is 5.75. The van der Waals surface area contributed by atoms with Crippen molar-refractivity contribution in [2.45, 2.75) is 13.5 Å². The molecular weight excluding hydrogens is 310 g/mol. The number of hydrogen-bond acceptors (Lipinski definition) is 6. The summed E-state index contributed by atoms with van der Waals surface area (Å²) in [5.74, 6) is 1.98. The minimum absolute atomic E-state index is 0.128. The van der Waals surface area contributed by atoms with Crippen LogP contribution in [0.25, 0.3) is 11.0 Å². The van der Waals surface area contributed by atoms with Gasteiger partial charge in [-0.05, 0) is 24.6 Å². The number of nitrogens with one attached hydrogen (secondary N) is 1. The van der Waals surface area contributed by atoms with E-state index in [1.54, 1.807) is 18.8 Å². The van der Waals surface area contributed by atoms with Gasteiger partial charge in [0.1, 0.15) is 5.52 Å². The number of ether oxygens (including phenoxy) is 2. The smallest absolute Gasteiger partial charge is 0.280 e. The SMILES string of the molecule is Cc1nn(C)c2c(=O)n(C)c(NCc3ccc4c(c3)OCO4)nc12. The van der Waals surface area contributed by atoms with Crippen molar-refractivity contribution >= 4 is 17.0 Å². The van der Waals surface area contributed by atoms with Gasteiger partial charge < -0.3 is 14.8 Å². The lowest BCUT2D eigenvalue weighted by molar-refractivity contribution is 0.174. The topological polar surface area (TPSA) is 83.2 Å². The molecule has 3 heterocycles. The Labute approximate surface area is 137 Å². The fourth-order valence-corrected chi connectivity index (χ4v) is 2.85. The molecule has 0 atom stereocenters. The number of rotatable bonds is 3. The molecule has 0 bridgehead atoms. The first-order valence-electron chi connectivity index (χ1n) is 7.57. The lowest BCUT2D eigenvalue weighted by Gasteiger charge is -2.11. The van der Waals surface area contributed by atoms with Gasteiger partial charge in [0.15, 0.2) is 17.0 Å². The molecule has 2 aromatic heterocycles. The Bertz CT molecular complexity index is 1010. The zero-order valence-corrected chi connectivity index (χ0v) is 13.7. The number of benzene rings is 1. The first kappa shape index (κ1) is 14.6. The number of hydrogen-bond donors (Lipinski definition) is 1. The molecule has 0 radical (unpaired) electrons. The van der Waals surface area contributed by atoms with Crippen molar-refractivity contribution in [2.75, 3.05) is 12.1 Å². The maximum absolute atomic E-state index is 12.5. The van der Waals surface area contributed by atoms with Crippen molar-refractivity contribution in [3.63, 3.8) is 0 Å². The molecule has 0 aliphatic carbocycles. The summed E-state index contributed by atoms with van der Waals surface area (Å²) in [6.45, 7) is 2.61. The second-order valence-corrected chi connectivity index (χ2v) is 5.75. The van der Waals surface area contributed by atoms with Crippen LogP contribution in [-0.4, -0.2) is 26.1 Å². The summed E-state index contributed by atoms with van der Waals surface area (Å²) in [6.07, 6.45) is 0. The summed E-state index contributed by atoms with van der Waals surface area (Å²) in [6, 6.07) is 5.74. The van der Waals surface area contributed by atoms with Crippen LogP contribution in [0.15, 0.2) is 23.0 Å². The predicted molar refractivity (Wildman–Crippen MR) is 88.4 cm³/mol. The highest BCUT2D eigenvalue weighted by atomic mass is 16.7. The minimum Gasteiger partial charge on any atom is -0.454 e. The quantitative estimate of drug-likeness (QED) is 0.781. The second kappa shape index (κ2) is 5.26. The summed E-state index contributed by atoms with van der Waals surface area (Å²) < 4.78 is 13.8. The van der Waals surface area contributed by atoms with Gasteiger partial charge in [0, 0.05) is 20.6 Å². The van der Waals surface area contributed by atoms with Crippen LogP contribution < -0.4 is 20.3 Å². The molecule has 0 fully saturated rings. The Kier molecular flexibility index (Phi) is 3.19. The Morgan fingerprint density at radius 2 is 2.04 bits per heavy atom. The van der Waals surface area contributed by atoms with Crippen molar-refractivity contribution in [2.24, 2.45) is 14.1 Å². The van der Waals surface area contributed by atoms with Crippen molar-refractivity contribution in [1.82, 2.24) is 19.3 Å². The van der Waals surface area contributed by atoms with Gasteiger partial charge in [-0.2, -0.15) is 5.10 Å². The van der Waals surface area contributed by atoms with Gasteiger partial charge >= 0.3 is 0 Å². The molecule has 8 nitrogen and oxygen atoms in total. The number of fused-ring (bicyclic) bond motifs is 2. The average molecular weight is 327 g/mol. The van der Waals surface area contributed by atoms with Gasteiger partial charge in [-0.15, -0.1) is 0 Å². The summed E-state index contributed by atoms with van der Waals surface area (Å²) in [5, 5.41) is 7.48. The molecule has 0 unspecified atom stereocenters. The van der Waals surface area contributed by atoms with Crippen molar-refractivity contribution in [3.05, 3.63) is 39.8 Å². The molecule has 1 aliphatic rings. The predicted octanol–water partition coefficient (Wildman–Crippen LogP) is 1.32. The van der Waals surface area contributed by atoms with Crippen LogP contribution in [0.4, 0.5) is 5.95 Å². The van der Waals surface area contributed by atoms with Gasteiger partial charge in [0.05, 0.1) is 5.69 Å². The maximum atomic E-state index is 12.5. The molecule has 0 spiro atoms. The highest BCUT2D eigenvalue weighted by molar-refractivity contribution is 5.77. The van der Waals surface area contributed by atoms with E-state index in [0.717, 1.165) is 22.8 Å². The Balaban J connectivity index is 1.66. The zero-order valence-electron chi connectivity index (χ0n) is 13.7. The van der Waals surface area contributed by atoms with Crippen LogP contribution in [0.5, 0.6) is 11.5 Å². The molecule has 1 aliphatic heterocycles. The fraction of sp³-hybridized carbons (Fsp3) is 0.312. The summed E-state index contributed by atoms with van der Waals surface area (Å²) >= 11 is 0. The molecule has 124 valence electrons. The zero-order chi connectivity index (χ0) is 16.8. The van der Waals surface area contributed by atoms with Crippen LogP contribution in [0.1, 0.15) is 11.3 Å². The molecule has 0 saturated heterocycles. The van der Waals surface area contributed by atoms with Gasteiger partial charge in [-0.1, -0.05) is 6.07 Å². The maximum Gasteiger partial charge on any atom is 0.280 e. The van der Waals surface area contributed by atoms with E-state index < -0.39 is 0 Å². The number of aromatic nitrogens is 4. The van der Waals surface area contributed by atoms with Crippen LogP contribution in [0, 0.1) is 6.92 Å². The van der Waals surface area contributed by atoms with E-state index in [4.69, 9.17) is 9.47 Å². The fourth-order valence-electron chi connectivity index (χ4n) is 2.85. The van der Waals surface area contributed by atoms with Gasteiger partial charge in [-0.3, -0.25) is 14.0 Å². The Morgan fingerprint density at radius 1 is 1.25 bits per heavy atom. The molecule has 4 rings (SSSR count). The van der Waals surface area contributed by atoms with E-state index in [1.807, 2.05) is 25.1 Å². The molecule has 3 aromatic rings. The number of anilines is 1. The third kappa shape index (κ3) is 2.18. The summed E-state index contributed by atoms with van der Waals surface area (Å²) in [5.41, 5.74) is 2.74. The standard InChI is InChI=1S/C16H17N5O3/c1-9-13-14(21(3)19-9)15(22)20(2)16(18-13)17-7-10-4-5-11-12(6-10)24-8-23-11/h4-6H,7-8H2,1-3H3,(H,17,18). The monoisotopic (exact) mass is 327 g/mol. The molecule has 1 N–H and O–H groups in total. The van der Waals surface area contributed by atoms with Gasteiger partial charge in [0.25, 0.3) is 5.56 Å². The van der Waals surface area contributed by atoms with Crippen LogP contribution in [-0.2, 0) is 20.6 Å². The number of nitrogens with zero attached hydrogens (tertiary/aromatic N) is 4. The molecule has 0 saturated carbocycles. The van der Waals surface area contributed by atoms with E-state index in [9.17, 15) is 4.79 Å². The molecular formula is C16H17N5O3. The van der Waals surface area contributed by atoms with E-state index >= 15 is 0 Å². The van der Waals surface area contributed by atoms with Crippen molar-refractivity contribution < 1.29 is 9.47 Å². The first-order chi connectivity index (χ1) is 11.5. The first-order valence-corrected chi connectivity index (χ1v) is 7.57. The normalized spacial score (nSPS) is 12.8. The number of aryl methyl sites for hydroxylation is 2. The van der Waals surface area contributed by atoms with E-state index in [-0.39, 0.29) is 12.4 Å². The summed E-state index contributed by atoms with van der Waals surface area (Å²) in [4.78, 5) is 17.1. The highest BCUT2D eigenvalue weighted by Crippen LogP contribution is 2.32. The largest absolute Gasteiger partial charge is 0.454 e. The molecule has 0 amide bonds. The van der Waals surface area contributed by atoms with Crippen LogP contribution in [0.2, 0.25) is 0 Å². The molecule has 24 heavy (non-hydrogen) atoms. The van der Waals surface area contributed by atoms with Gasteiger partial charge in [-0.25, -0.2) is 4.98 Å². The third-order valence-corrected chi connectivity index (χ3v) is 4.12. The highest BCUT2D eigenvalue weighted by Gasteiger charge is 2.16. The molecule has 8 heteroatoms. The van der Waals surface area contributed by atoms with E-state index in [1.165, 1.54) is 4.57 Å². The van der Waals surface area contributed by atoms with Crippen molar-refractivity contribution in [1.29, 1.82) is 0 Å². The van der Waals surface area contributed by atoms with Crippen molar-refractivity contribution in [3.8, 4) is 11.5 Å². The Morgan fingerprint density at radius 3 is 2.88 bits per heavy atom. The summed E-state index contributed by atoms with van der Waals surface area (Å²) in [7, 11) is 3.44. The lowest BCUT2D eigenvalue weighted by atomic mass is 10.2. The van der Waals surface area contributed by atoms with Crippen LogP contribution in [0.3, 0.4) is 0 Å². The van der Waals surface area contributed by atoms with E-state index in [0.29, 0.717) is 23.5 Å².